The molecule has 2 aromatic rings. The highest BCUT2D eigenvalue weighted by molar-refractivity contribution is 7.20. The van der Waals surface area contributed by atoms with Gasteiger partial charge in [-0.05, 0) is 37.7 Å². The van der Waals surface area contributed by atoms with Crippen molar-refractivity contribution in [3.63, 3.8) is 0 Å². The predicted octanol–water partition coefficient (Wildman–Crippen LogP) is 2.72. The molecule has 8 heteroatoms. The third-order valence-corrected chi connectivity index (χ3v) is 6.11. The maximum absolute atomic E-state index is 13.0. The molecule has 27 heavy (non-hydrogen) atoms. The van der Waals surface area contributed by atoms with Crippen LogP contribution in [0.2, 0.25) is 0 Å². The summed E-state index contributed by atoms with van der Waals surface area (Å²) in [5, 5.41) is 12.4. The van der Waals surface area contributed by atoms with Crippen molar-refractivity contribution in [1.82, 2.24) is 14.9 Å². The van der Waals surface area contributed by atoms with Gasteiger partial charge in [-0.3, -0.25) is 14.2 Å². The molecule has 0 spiro atoms. The van der Waals surface area contributed by atoms with Crippen LogP contribution >= 0.6 is 11.3 Å². The third kappa shape index (κ3) is 3.90. The molecule has 7 nitrogen and oxygen atoms in total. The van der Waals surface area contributed by atoms with E-state index in [1.54, 1.807) is 11.5 Å². The van der Waals surface area contributed by atoms with E-state index in [-0.39, 0.29) is 11.5 Å². The molecule has 146 valence electrons. The van der Waals surface area contributed by atoms with E-state index < -0.39 is 17.9 Å². The number of thiophene rings is 1. The zero-order chi connectivity index (χ0) is 19.7. The lowest BCUT2D eigenvalue weighted by atomic mass is 10.0. The summed E-state index contributed by atoms with van der Waals surface area (Å²) in [4.78, 5) is 42.7. The van der Waals surface area contributed by atoms with Crippen LogP contribution in [0.5, 0.6) is 0 Å². The van der Waals surface area contributed by atoms with Crippen molar-refractivity contribution in [2.45, 2.75) is 65.5 Å². The molecular weight excluding hydrogens is 366 g/mol. The fraction of sp³-hybridized carbons (Fsp3) is 0.579. The van der Waals surface area contributed by atoms with Crippen molar-refractivity contribution < 1.29 is 14.7 Å². The van der Waals surface area contributed by atoms with Crippen LogP contribution in [0.15, 0.2) is 4.79 Å². The molecule has 2 aromatic heterocycles. The Morgan fingerprint density at radius 3 is 2.70 bits per heavy atom. The molecule has 3 rings (SSSR count). The second kappa shape index (κ2) is 7.80. The molecule has 0 saturated heterocycles. The molecule has 1 aliphatic heterocycles. The van der Waals surface area contributed by atoms with Gasteiger partial charge in [0, 0.05) is 13.0 Å². The van der Waals surface area contributed by atoms with E-state index in [0.29, 0.717) is 33.6 Å². The first-order chi connectivity index (χ1) is 12.8. The molecule has 1 atom stereocenters. The zero-order valence-electron chi connectivity index (χ0n) is 15.9. The van der Waals surface area contributed by atoms with Crippen LogP contribution in [0.1, 0.15) is 60.6 Å². The summed E-state index contributed by atoms with van der Waals surface area (Å²) in [5.41, 5.74) is 0.486. The van der Waals surface area contributed by atoms with Gasteiger partial charge in [0.2, 0.25) is 0 Å². The Bertz CT molecular complexity index is 945. The fourth-order valence-electron chi connectivity index (χ4n) is 3.54. The van der Waals surface area contributed by atoms with Gasteiger partial charge < -0.3 is 10.4 Å². The number of carboxylic acid groups (broad SMARTS) is 1. The highest BCUT2D eigenvalue weighted by Gasteiger charge is 2.26. The van der Waals surface area contributed by atoms with Crippen LogP contribution in [0.25, 0.3) is 10.2 Å². The van der Waals surface area contributed by atoms with Gasteiger partial charge in [0.05, 0.1) is 10.3 Å². The fourth-order valence-corrected chi connectivity index (χ4v) is 4.64. The number of carboxylic acids is 1. The van der Waals surface area contributed by atoms with Crippen molar-refractivity contribution in [1.29, 1.82) is 0 Å². The van der Waals surface area contributed by atoms with E-state index in [4.69, 9.17) is 0 Å². The minimum absolute atomic E-state index is 0.0957. The molecule has 0 unspecified atom stereocenters. The first-order valence-electron chi connectivity index (χ1n) is 9.36. The molecule has 1 amide bonds. The number of nitrogens with zero attached hydrogens (tertiary/aromatic N) is 2. The van der Waals surface area contributed by atoms with Gasteiger partial charge in [0.1, 0.15) is 16.7 Å². The smallest absolute Gasteiger partial charge is 0.326 e. The van der Waals surface area contributed by atoms with Gasteiger partial charge in [-0.1, -0.05) is 20.3 Å². The second-order valence-electron chi connectivity index (χ2n) is 7.53. The maximum atomic E-state index is 13.0. The summed E-state index contributed by atoms with van der Waals surface area (Å²) < 4.78 is 1.73. The van der Waals surface area contributed by atoms with Crippen molar-refractivity contribution in [2.75, 3.05) is 0 Å². The molecule has 0 aromatic carbocycles. The average molecular weight is 391 g/mol. The van der Waals surface area contributed by atoms with Crippen LogP contribution in [-0.4, -0.2) is 32.6 Å². The van der Waals surface area contributed by atoms with E-state index in [0.717, 1.165) is 31.5 Å². The molecule has 3 heterocycles. The van der Waals surface area contributed by atoms with Crippen molar-refractivity contribution in [3.8, 4) is 0 Å². The summed E-state index contributed by atoms with van der Waals surface area (Å²) in [6.07, 6.45) is 4.14. The quantitative estimate of drug-likeness (QED) is 0.816. The van der Waals surface area contributed by atoms with Crippen LogP contribution in [0.3, 0.4) is 0 Å². The van der Waals surface area contributed by atoms with Gasteiger partial charge in [0.15, 0.2) is 0 Å². The number of carbonyl (C=O) groups is 2. The summed E-state index contributed by atoms with van der Waals surface area (Å²) in [5.74, 6) is -0.595. The van der Waals surface area contributed by atoms with E-state index in [2.05, 4.69) is 10.3 Å². The van der Waals surface area contributed by atoms with Crippen molar-refractivity contribution in [2.24, 2.45) is 5.92 Å². The number of carbonyl (C=O) groups excluding carboxylic acids is 1. The van der Waals surface area contributed by atoms with Gasteiger partial charge in [-0.25, -0.2) is 9.78 Å². The lowest BCUT2D eigenvalue weighted by Gasteiger charge is -2.16. The molecule has 0 saturated carbocycles. The van der Waals surface area contributed by atoms with Crippen LogP contribution in [-0.2, 0) is 17.8 Å². The molecule has 0 bridgehead atoms. The molecular formula is C19H25N3O4S. The minimum atomic E-state index is -1.05. The second-order valence-corrected chi connectivity index (χ2v) is 8.52. The van der Waals surface area contributed by atoms with Crippen LogP contribution < -0.4 is 10.9 Å². The average Bonchev–Trinajstić information content (AvgIpc) is 2.77. The van der Waals surface area contributed by atoms with E-state index in [1.807, 2.05) is 13.8 Å². The number of hydrogen-bond acceptors (Lipinski definition) is 5. The Labute approximate surface area is 161 Å². The first-order valence-corrected chi connectivity index (χ1v) is 10.2. The number of fused-ring (bicyclic) bond motifs is 2. The van der Waals surface area contributed by atoms with E-state index in [1.165, 1.54) is 11.3 Å². The number of aromatic nitrogens is 2. The Morgan fingerprint density at radius 2 is 2.04 bits per heavy atom. The number of aliphatic carboxylic acids is 1. The number of aryl methyl sites for hydroxylation is 2. The zero-order valence-corrected chi connectivity index (χ0v) is 16.7. The highest BCUT2D eigenvalue weighted by atomic mass is 32.1. The van der Waals surface area contributed by atoms with E-state index in [9.17, 15) is 19.5 Å². The Morgan fingerprint density at radius 1 is 1.30 bits per heavy atom. The summed E-state index contributed by atoms with van der Waals surface area (Å²) in [7, 11) is 0. The van der Waals surface area contributed by atoms with Gasteiger partial charge in [0.25, 0.3) is 11.5 Å². The van der Waals surface area contributed by atoms with Crippen LogP contribution in [0, 0.1) is 12.8 Å². The Kier molecular flexibility index (Phi) is 5.64. The van der Waals surface area contributed by atoms with Gasteiger partial charge in [-0.2, -0.15) is 0 Å². The third-order valence-electron chi connectivity index (χ3n) is 4.93. The number of hydrogen-bond donors (Lipinski definition) is 2. The minimum Gasteiger partial charge on any atom is -0.480 e. The molecule has 0 aliphatic carbocycles. The number of rotatable bonds is 5. The summed E-state index contributed by atoms with van der Waals surface area (Å²) in [6.45, 7) is 6.21. The lowest BCUT2D eigenvalue weighted by Crippen LogP contribution is -2.41. The van der Waals surface area contributed by atoms with Gasteiger partial charge in [-0.15, -0.1) is 11.3 Å². The lowest BCUT2D eigenvalue weighted by molar-refractivity contribution is -0.139. The number of nitrogens with one attached hydrogen (secondary N) is 1. The predicted molar refractivity (Wildman–Crippen MR) is 105 cm³/mol. The molecule has 1 aliphatic rings. The highest BCUT2D eigenvalue weighted by Crippen LogP contribution is 2.28. The topological polar surface area (TPSA) is 101 Å². The summed E-state index contributed by atoms with van der Waals surface area (Å²) in [6, 6.07) is -0.951. The molecule has 0 radical (unpaired) electrons. The SMILES string of the molecule is Cc1c(C(=O)N[C@@H](CC(C)C)C(=O)O)sc2nc3n(c(=O)c12)CCCCC3. The summed E-state index contributed by atoms with van der Waals surface area (Å²) >= 11 is 1.17. The monoisotopic (exact) mass is 391 g/mol. The van der Waals surface area contributed by atoms with E-state index >= 15 is 0 Å². The van der Waals surface area contributed by atoms with Gasteiger partial charge >= 0.3 is 5.97 Å². The largest absolute Gasteiger partial charge is 0.480 e. The van der Waals surface area contributed by atoms with Crippen molar-refractivity contribution >= 4 is 33.4 Å². The Hall–Kier alpha value is -2.22. The maximum Gasteiger partial charge on any atom is 0.326 e. The van der Waals surface area contributed by atoms with Crippen molar-refractivity contribution in [3.05, 3.63) is 26.6 Å². The Balaban J connectivity index is 1.99. The van der Waals surface area contributed by atoms with Crippen LogP contribution in [0.4, 0.5) is 0 Å². The molecule has 2 N–H and O–H groups in total. The number of amides is 1. The first kappa shape index (κ1) is 19.5. The normalized spacial score (nSPS) is 15.4. The molecule has 0 fully saturated rings. The standard InChI is InChI=1S/C19H25N3O4S/c1-10(2)9-12(19(25)26)20-16(23)15-11(3)14-17(27-15)21-13-7-5-4-6-8-22(13)18(14)24/h10,12H,4-9H2,1-3H3,(H,20,23)(H,25,26)/t12-/m0/s1.